The number of amides is 4. The molecular weight excluding hydrogens is 438 g/mol. The van der Waals surface area contributed by atoms with Crippen LogP contribution < -0.4 is 21.2 Å². The molecule has 0 radical (unpaired) electrons. The van der Waals surface area contributed by atoms with Crippen LogP contribution in [-0.2, 0) is 13.1 Å². The second-order valence-electron chi connectivity index (χ2n) is 7.88. The number of para-hydroxylation sites is 2. The van der Waals surface area contributed by atoms with Crippen molar-refractivity contribution in [2.45, 2.75) is 13.1 Å². The first-order valence-corrected chi connectivity index (χ1v) is 11.2. The first-order valence-electron chi connectivity index (χ1n) is 11.2. The molecule has 4 rings (SSSR count). The van der Waals surface area contributed by atoms with Gasteiger partial charge in [-0.2, -0.15) is 0 Å². The molecule has 7 nitrogen and oxygen atoms in total. The van der Waals surface area contributed by atoms with E-state index in [1.807, 2.05) is 102 Å². The Balaban J connectivity index is 1.65. The minimum Gasteiger partial charge on any atom is -0.257 e. The molecule has 0 fully saturated rings. The third kappa shape index (κ3) is 6.32. The first-order chi connectivity index (χ1) is 17.1. The number of hydrazine groups is 2. The second-order valence-corrected chi connectivity index (χ2v) is 7.88. The van der Waals surface area contributed by atoms with Gasteiger partial charge in [-0.05, 0) is 35.4 Å². The lowest BCUT2D eigenvalue weighted by atomic mass is 10.2. The zero-order valence-corrected chi connectivity index (χ0v) is 19.2. The number of nitrogens with two attached hydrogens (primary N) is 1. The number of carbonyl (C=O) groups is 2. The minimum absolute atomic E-state index is 0.442. The van der Waals surface area contributed by atoms with Crippen molar-refractivity contribution >= 4 is 23.4 Å². The van der Waals surface area contributed by atoms with Crippen LogP contribution in [0.2, 0.25) is 0 Å². The average molecular weight is 466 g/mol. The highest BCUT2D eigenvalue weighted by molar-refractivity contribution is 6.06. The molecule has 0 aliphatic carbocycles. The molecular formula is C28H27N5O2. The Hall–Kier alpha value is -4.46. The van der Waals surface area contributed by atoms with Gasteiger partial charge in [0.25, 0.3) is 0 Å². The molecule has 0 spiro atoms. The summed E-state index contributed by atoms with van der Waals surface area (Å²) in [5.74, 6) is 5.99. The SMILES string of the molecule is NN(C(=O)NC(=O)N(c1ccccc1)N(Cc1ccccc1)Cc1ccccc1)c1ccccc1. The van der Waals surface area contributed by atoms with E-state index >= 15 is 0 Å². The van der Waals surface area contributed by atoms with E-state index in [-0.39, 0.29) is 0 Å². The number of imide groups is 1. The summed E-state index contributed by atoms with van der Waals surface area (Å²) in [5.41, 5.74) is 3.13. The van der Waals surface area contributed by atoms with Gasteiger partial charge in [-0.1, -0.05) is 97.1 Å². The summed E-state index contributed by atoms with van der Waals surface area (Å²) in [4.78, 5) is 26.4. The van der Waals surface area contributed by atoms with Crippen LogP contribution in [0.25, 0.3) is 0 Å². The van der Waals surface area contributed by atoms with Crippen LogP contribution in [0.1, 0.15) is 11.1 Å². The highest BCUT2D eigenvalue weighted by Crippen LogP contribution is 2.21. The number of rotatable bonds is 7. The fraction of sp³-hybridized carbons (Fsp3) is 0.0714. The number of anilines is 2. The van der Waals surface area contributed by atoms with Crippen molar-refractivity contribution < 1.29 is 9.59 Å². The molecule has 0 saturated heterocycles. The quantitative estimate of drug-likeness (QED) is 0.220. The van der Waals surface area contributed by atoms with Crippen molar-refractivity contribution in [1.29, 1.82) is 0 Å². The maximum absolute atomic E-state index is 13.6. The van der Waals surface area contributed by atoms with E-state index in [2.05, 4.69) is 5.32 Å². The van der Waals surface area contributed by atoms with E-state index in [4.69, 9.17) is 5.84 Å². The summed E-state index contributed by atoms with van der Waals surface area (Å²) in [6, 6.07) is 36.3. The summed E-state index contributed by atoms with van der Waals surface area (Å²) < 4.78 is 0. The predicted octanol–water partition coefficient (Wildman–Crippen LogP) is 5.32. The lowest BCUT2D eigenvalue weighted by Crippen LogP contribution is -2.55. The van der Waals surface area contributed by atoms with Gasteiger partial charge < -0.3 is 0 Å². The smallest absolute Gasteiger partial charge is 0.257 e. The Labute approximate surface area is 204 Å². The van der Waals surface area contributed by atoms with Gasteiger partial charge in [0.05, 0.1) is 11.4 Å². The molecule has 176 valence electrons. The Morgan fingerprint density at radius 2 is 0.971 bits per heavy atom. The molecule has 3 N–H and O–H groups in total. The summed E-state index contributed by atoms with van der Waals surface area (Å²) in [5, 5.41) is 6.73. The number of benzene rings is 4. The summed E-state index contributed by atoms with van der Waals surface area (Å²) >= 11 is 0. The summed E-state index contributed by atoms with van der Waals surface area (Å²) in [7, 11) is 0. The molecule has 0 aromatic heterocycles. The van der Waals surface area contributed by atoms with Crippen LogP contribution in [0, 0.1) is 0 Å². The number of urea groups is 2. The van der Waals surface area contributed by atoms with Crippen molar-refractivity contribution in [2.24, 2.45) is 5.84 Å². The van der Waals surface area contributed by atoms with E-state index in [0.29, 0.717) is 24.5 Å². The molecule has 0 bridgehead atoms. The van der Waals surface area contributed by atoms with Crippen LogP contribution in [0.5, 0.6) is 0 Å². The molecule has 35 heavy (non-hydrogen) atoms. The lowest BCUT2D eigenvalue weighted by Gasteiger charge is -2.35. The number of hydrogen-bond acceptors (Lipinski definition) is 4. The number of nitrogens with one attached hydrogen (secondary N) is 1. The fourth-order valence-corrected chi connectivity index (χ4v) is 3.67. The maximum Gasteiger partial charge on any atom is 0.344 e. The van der Waals surface area contributed by atoms with Gasteiger partial charge in [-0.25, -0.2) is 30.5 Å². The molecule has 0 aliphatic heterocycles. The Morgan fingerprint density at radius 3 is 1.43 bits per heavy atom. The third-order valence-corrected chi connectivity index (χ3v) is 5.36. The van der Waals surface area contributed by atoms with Crippen molar-refractivity contribution in [1.82, 2.24) is 10.3 Å². The third-order valence-electron chi connectivity index (χ3n) is 5.36. The average Bonchev–Trinajstić information content (AvgIpc) is 2.90. The molecule has 7 heteroatoms. The van der Waals surface area contributed by atoms with E-state index in [0.717, 1.165) is 16.1 Å². The summed E-state index contributed by atoms with van der Waals surface area (Å²) in [6.45, 7) is 0.883. The van der Waals surface area contributed by atoms with Gasteiger partial charge in [0.1, 0.15) is 0 Å². The van der Waals surface area contributed by atoms with Crippen molar-refractivity contribution in [3.05, 3.63) is 132 Å². The molecule has 0 heterocycles. The van der Waals surface area contributed by atoms with Crippen LogP contribution in [0.4, 0.5) is 21.0 Å². The molecule has 4 amide bonds. The van der Waals surface area contributed by atoms with Gasteiger partial charge >= 0.3 is 12.1 Å². The van der Waals surface area contributed by atoms with Crippen molar-refractivity contribution in [2.75, 3.05) is 10.0 Å². The number of nitrogens with zero attached hydrogens (tertiary/aromatic N) is 3. The zero-order valence-electron chi connectivity index (χ0n) is 19.2. The molecule has 4 aromatic carbocycles. The van der Waals surface area contributed by atoms with Crippen LogP contribution in [0.3, 0.4) is 0 Å². The molecule has 4 aromatic rings. The van der Waals surface area contributed by atoms with E-state index in [1.54, 1.807) is 24.3 Å². The van der Waals surface area contributed by atoms with Crippen LogP contribution in [0.15, 0.2) is 121 Å². The van der Waals surface area contributed by atoms with Crippen LogP contribution >= 0.6 is 0 Å². The van der Waals surface area contributed by atoms with Crippen molar-refractivity contribution in [3.8, 4) is 0 Å². The Morgan fingerprint density at radius 1 is 0.571 bits per heavy atom. The molecule has 0 saturated carbocycles. The fourth-order valence-electron chi connectivity index (χ4n) is 3.67. The van der Waals surface area contributed by atoms with Crippen molar-refractivity contribution in [3.63, 3.8) is 0 Å². The second kappa shape index (κ2) is 11.6. The van der Waals surface area contributed by atoms with Gasteiger partial charge in [0.15, 0.2) is 0 Å². The monoisotopic (exact) mass is 465 g/mol. The first kappa shape index (κ1) is 23.7. The molecule has 0 aliphatic rings. The summed E-state index contributed by atoms with van der Waals surface area (Å²) in [6.07, 6.45) is 0. The van der Waals surface area contributed by atoms with Gasteiger partial charge in [0, 0.05) is 13.1 Å². The highest BCUT2D eigenvalue weighted by Gasteiger charge is 2.27. The maximum atomic E-state index is 13.6. The van der Waals surface area contributed by atoms with Gasteiger partial charge in [0.2, 0.25) is 0 Å². The Kier molecular flexibility index (Phi) is 7.85. The number of carbonyl (C=O) groups excluding carboxylic acids is 2. The van der Waals surface area contributed by atoms with E-state index in [9.17, 15) is 9.59 Å². The van der Waals surface area contributed by atoms with Gasteiger partial charge in [-0.15, -0.1) is 0 Å². The topological polar surface area (TPSA) is 81.9 Å². The standard InChI is InChI=1S/C28H27N5O2/c29-32(25-17-9-3-10-18-25)27(34)30-28(35)33(26-19-11-4-12-20-26)31(21-23-13-5-1-6-14-23)22-24-15-7-2-8-16-24/h1-20H,21-22,29H2,(H,30,34,35). The predicted molar refractivity (Wildman–Crippen MR) is 138 cm³/mol. The molecule has 0 unspecified atom stereocenters. The molecule has 0 atom stereocenters. The highest BCUT2D eigenvalue weighted by atomic mass is 16.2. The zero-order chi connectivity index (χ0) is 24.5. The van der Waals surface area contributed by atoms with Crippen LogP contribution in [-0.4, -0.2) is 17.1 Å². The van der Waals surface area contributed by atoms with Gasteiger partial charge in [-0.3, -0.25) is 5.32 Å². The number of hydrogen-bond donors (Lipinski definition) is 2. The largest absolute Gasteiger partial charge is 0.344 e. The Bertz CT molecular complexity index is 1180. The van der Waals surface area contributed by atoms with E-state index < -0.39 is 12.1 Å². The lowest BCUT2D eigenvalue weighted by molar-refractivity contribution is 0.199. The minimum atomic E-state index is -0.735. The normalized spacial score (nSPS) is 10.6. The van der Waals surface area contributed by atoms with E-state index in [1.165, 1.54) is 5.01 Å².